The first-order chi connectivity index (χ1) is 13.1. The standard InChI is InChI=1S/C16H29N2O9P/c1-4-10(16(19)18-7-13-11(23-3)6-15(17)27-13)26-12-5-9(2)25-14(12)8-24-28(20,21)22/h4,9-15H,1,5-8,17H2,2-3H3,(H,18,19)(H2,20,21,22). The van der Waals surface area contributed by atoms with E-state index in [9.17, 15) is 9.36 Å². The van der Waals surface area contributed by atoms with Gasteiger partial charge >= 0.3 is 7.82 Å². The van der Waals surface area contributed by atoms with E-state index in [1.54, 1.807) is 14.0 Å². The summed E-state index contributed by atoms with van der Waals surface area (Å²) in [6.07, 6.45) is -1.18. The first-order valence-corrected chi connectivity index (χ1v) is 10.5. The summed E-state index contributed by atoms with van der Waals surface area (Å²) in [5.41, 5.74) is 5.74. The average Bonchev–Trinajstić information content (AvgIpc) is 3.16. The van der Waals surface area contributed by atoms with Gasteiger partial charge in [0.25, 0.3) is 5.91 Å². The molecule has 12 heteroatoms. The molecule has 2 heterocycles. The minimum Gasteiger partial charge on any atom is -0.379 e. The molecule has 28 heavy (non-hydrogen) atoms. The van der Waals surface area contributed by atoms with Crippen molar-refractivity contribution in [3.05, 3.63) is 12.7 Å². The van der Waals surface area contributed by atoms with Crippen LogP contribution >= 0.6 is 7.82 Å². The van der Waals surface area contributed by atoms with Gasteiger partial charge in [0.05, 0.1) is 24.9 Å². The Balaban J connectivity index is 1.88. The van der Waals surface area contributed by atoms with Gasteiger partial charge in [0.1, 0.15) is 18.4 Å². The fourth-order valence-electron chi connectivity index (χ4n) is 3.27. The van der Waals surface area contributed by atoms with Gasteiger partial charge in [-0.05, 0) is 6.92 Å². The summed E-state index contributed by atoms with van der Waals surface area (Å²) in [6, 6.07) is 0. The lowest BCUT2D eigenvalue weighted by Gasteiger charge is -2.24. The zero-order valence-electron chi connectivity index (χ0n) is 15.9. The predicted molar refractivity (Wildman–Crippen MR) is 97.1 cm³/mol. The van der Waals surface area contributed by atoms with Crippen molar-refractivity contribution in [2.75, 3.05) is 20.3 Å². The first kappa shape index (κ1) is 23.4. The Hall–Kier alpha value is -0.880. The van der Waals surface area contributed by atoms with Gasteiger partial charge in [0, 0.05) is 26.5 Å². The number of nitrogens with one attached hydrogen (secondary N) is 1. The Bertz CT molecular complexity index is 586. The number of ether oxygens (including phenoxy) is 4. The van der Waals surface area contributed by atoms with Crippen LogP contribution < -0.4 is 11.1 Å². The molecular formula is C16H29N2O9P. The predicted octanol–water partition coefficient (Wildman–Crippen LogP) is -0.582. The first-order valence-electron chi connectivity index (χ1n) is 8.98. The average molecular weight is 424 g/mol. The number of hydrogen-bond acceptors (Lipinski definition) is 8. The topological polar surface area (TPSA) is 159 Å². The number of hydrogen-bond donors (Lipinski definition) is 4. The Labute approximate surface area is 163 Å². The molecule has 2 saturated heterocycles. The highest BCUT2D eigenvalue weighted by Crippen LogP contribution is 2.37. The lowest BCUT2D eigenvalue weighted by atomic mass is 10.1. The van der Waals surface area contributed by atoms with E-state index in [0.29, 0.717) is 12.8 Å². The van der Waals surface area contributed by atoms with Crippen molar-refractivity contribution < 1.29 is 42.6 Å². The molecule has 0 bridgehead atoms. The quantitative estimate of drug-likeness (QED) is 0.264. The molecule has 11 nitrogen and oxygen atoms in total. The maximum atomic E-state index is 12.5. The molecule has 162 valence electrons. The van der Waals surface area contributed by atoms with Gasteiger partial charge in [-0.25, -0.2) is 4.57 Å². The molecule has 2 fully saturated rings. The minimum atomic E-state index is -4.63. The molecule has 0 aromatic rings. The Morgan fingerprint density at radius 3 is 2.68 bits per heavy atom. The fourth-order valence-corrected chi connectivity index (χ4v) is 3.61. The Morgan fingerprint density at radius 1 is 1.36 bits per heavy atom. The smallest absolute Gasteiger partial charge is 0.379 e. The van der Waals surface area contributed by atoms with E-state index in [2.05, 4.69) is 16.4 Å². The number of phosphoric ester groups is 1. The molecule has 0 radical (unpaired) electrons. The van der Waals surface area contributed by atoms with Crippen LogP contribution in [0.2, 0.25) is 0 Å². The van der Waals surface area contributed by atoms with Crippen molar-refractivity contribution in [2.45, 2.75) is 62.6 Å². The van der Waals surface area contributed by atoms with Crippen LogP contribution in [0.1, 0.15) is 19.8 Å². The maximum absolute atomic E-state index is 12.5. The number of nitrogens with two attached hydrogens (primary N) is 1. The molecule has 0 spiro atoms. The van der Waals surface area contributed by atoms with Crippen molar-refractivity contribution >= 4 is 13.7 Å². The molecule has 2 aliphatic rings. The third kappa shape index (κ3) is 6.87. The lowest BCUT2D eigenvalue weighted by molar-refractivity contribution is -0.136. The summed E-state index contributed by atoms with van der Waals surface area (Å²) < 4.78 is 37.6. The number of amides is 1. The molecule has 1 amide bonds. The van der Waals surface area contributed by atoms with Gasteiger partial charge in [0.15, 0.2) is 6.10 Å². The lowest BCUT2D eigenvalue weighted by Crippen LogP contribution is -2.44. The third-order valence-electron chi connectivity index (χ3n) is 4.60. The number of methoxy groups -OCH3 is 1. The fraction of sp³-hybridized carbons (Fsp3) is 0.812. The van der Waals surface area contributed by atoms with Crippen LogP contribution in [0.25, 0.3) is 0 Å². The van der Waals surface area contributed by atoms with Gasteiger partial charge in [-0.15, -0.1) is 0 Å². The van der Waals surface area contributed by atoms with E-state index in [1.165, 1.54) is 6.08 Å². The molecular weight excluding hydrogens is 395 g/mol. The van der Waals surface area contributed by atoms with Crippen LogP contribution in [0.5, 0.6) is 0 Å². The monoisotopic (exact) mass is 424 g/mol. The summed E-state index contributed by atoms with van der Waals surface area (Å²) in [5.74, 6) is -0.428. The zero-order valence-corrected chi connectivity index (χ0v) is 16.8. The highest BCUT2D eigenvalue weighted by atomic mass is 31.2. The molecule has 7 atom stereocenters. The summed E-state index contributed by atoms with van der Waals surface area (Å²) in [4.78, 5) is 30.2. The second kappa shape index (κ2) is 10.2. The maximum Gasteiger partial charge on any atom is 0.469 e. The van der Waals surface area contributed by atoms with Crippen molar-refractivity contribution in [3.8, 4) is 0 Å². The second-order valence-corrected chi connectivity index (χ2v) is 8.05. The minimum absolute atomic E-state index is 0.195. The Kier molecular flexibility index (Phi) is 8.56. The van der Waals surface area contributed by atoms with E-state index in [1.807, 2.05) is 0 Å². The van der Waals surface area contributed by atoms with Crippen molar-refractivity contribution in [1.29, 1.82) is 0 Å². The summed E-state index contributed by atoms with van der Waals surface area (Å²) in [7, 11) is -3.08. The number of carbonyl (C=O) groups excluding carboxylic acids is 1. The van der Waals surface area contributed by atoms with Gasteiger partial charge in [-0.1, -0.05) is 12.7 Å². The van der Waals surface area contributed by atoms with Gasteiger partial charge in [0.2, 0.25) is 0 Å². The largest absolute Gasteiger partial charge is 0.469 e. The molecule has 5 N–H and O–H groups in total. The van der Waals surface area contributed by atoms with Crippen LogP contribution in [-0.4, -0.2) is 78.8 Å². The molecule has 2 aliphatic heterocycles. The molecule has 0 aromatic heterocycles. The molecule has 0 aliphatic carbocycles. The normalized spacial score (nSPS) is 34.3. The summed E-state index contributed by atoms with van der Waals surface area (Å²) >= 11 is 0. The van der Waals surface area contributed by atoms with Gasteiger partial charge in [-0.3, -0.25) is 9.32 Å². The number of carbonyl (C=O) groups is 1. The second-order valence-electron chi connectivity index (χ2n) is 6.81. The van der Waals surface area contributed by atoms with E-state index in [-0.39, 0.29) is 31.5 Å². The molecule has 2 rings (SSSR count). The third-order valence-corrected chi connectivity index (χ3v) is 5.08. The molecule has 0 aromatic carbocycles. The number of phosphoric acid groups is 1. The van der Waals surface area contributed by atoms with E-state index >= 15 is 0 Å². The van der Waals surface area contributed by atoms with E-state index in [4.69, 9.17) is 34.5 Å². The summed E-state index contributed by atoms with van der Waals surface area (Å²) in [5, 5.41) is 2.72. The van der Waals surface area contributed by atoms with Crippen LogP contribution in [0, 0.1) is 0 Å². The summed E-state index contributed by atoms with van der Waals surface area (Å²) in [6.45, 7) is 5.25. The van der Waals surface area contributed by atoms with Gasteiger partial charge < -0.3 is 39.8 Å². The van der Waals surface area contributed by atoms with E-state index in [0.717, 1.165) is 0 Å². The van der Waals surface area contributed by atoms with Crippen molar-refractivity contribution in [1.82, 2.24) is 5.32 Å². The van der Waals surface area contributed by atoms with Crippen LogP contribution in [-0.2, 0) is 32.8 Å². The van der Waals surface area contributed by atoms with Crippen molar-refractivity contribution in [2.24, 2.45) is 5.73 Å². The zero-order chi connectivity index (χ0) is 20.9. The highest BCUT2D eigenvalue weighted by Gasteiger charge is 2.38. The van der Waals surface area contributed by atoms with Crippen LogP contribution in [0.3, 0.4) is 0 Å². The molecule has 7 unspecified atom stereocenters. The van der Waals surface area contributed by atoms with Crippen molar-refractivity contribution in [3.63, 3.8) is 0 Å². The van der Waals surface area contributed by atoms with Crippen LogP contribution in [0.4, 0.5) is 0 Å². The highest BCUT2D eigenvalue weighted by molar-refractivity contribution is 7.46. The molecule has 0 saturated carbocycles. The van der Waals surface area contributed by atoms with Gasteiger partial charge in [-0.2, -0.15) is 0 Å². The Morgan fingerprint density at radius 2 is 2.07 bits per heavy atom. The van der Waals surface area contributed by atoms with E-state index < -0.39 is 38.3 Å². The SMILES string of the molecule is C=CC(OC1CC(C)OC1COP(=O)(O)O)C(=O)NCC1OC(N)CC1OC. The number of rotatable bonds is 10. The van der Waals surface area contributed by atoms with Crippen LogP contribution in [0.15, 0.2) is 12.7 Å².